The molecule has 0 bridgehead atoms. The van der Waals surface area contributed by atoms with Gasteiger partial charge in [0.05, 0.1) is 29.9 Å². The minimum Gasteiger partial charge on any atom is -0.337 e. The fourth-order valence-corrected chi connectivity index (χ4v) is 3.48. The van der Waals surface area contributed by atoms with E-state index in [0.29, 0.717) is 12.4 Å². The molecule has 1 N–H and O–H groups in total. The number of fused-ring (bicyclic) bond motifs is 1. The lowest BCUT2D eigenvalue weighted by molar-refractivity contribution is 0.0200. The molecule has 3 heterocycles. The SMILES string of the molecule is Cl.FC1(F)CNC(c2nc(-c3ccc(Cn4cnc5ccccc54)cc3)no2)C1. The quantitative estimate of drug-likeness (QED) is 0.538. The number of hydrogen-bond donors (Lipinski definition) is 1. The highest BCUT2D eigenvalue weighted by Gasteiger charge is 2.42. The molecule has 9 heteroatoms. The van der Waals surface area contributed by atoms with Crippen molar-refractivity contribution in [2.75, 3.05) is 6.54 Å². The Hall–Kier alpha value is -2.84. The summed E-state index contributed by atoms with van der Waals surface area (Å²) >= 11 is 0. The summed E-state index contributed by atoms with van der Waals surface area (Å²) in [6.07, 6.45) is 1.50. The third-order valence-corrected chi connectivity index (χ3v) is 4.94. The number of halogens is 3. The van der Waals surface area contributed by atoms with Crippen molar-refractivity contribution in [3.63, 3.8) is 0 Å². The molecule has 5 rings (SSSR count). The van der Waals surface area contributed by atoms with Crippen molar-refractivity contribution in [2.24, 2.45) is 0 Å². The maximum Gasteiger partial charge on any atom is 0.262 e. The lowest BCUT2D eigenvalue weighted by Gasteiger charge is -2.05. The van der Waals surface area contributed by atoms with Crippen LogP contribution in [0.5, 0.6) is 0 Å². The fourth-order valence-electron chi connectivity index (χ4n) is 3.48. The third-order valence-electron chi connectivity index (χ3n) is 4.94. The molecule has 1 atom stereocenters. The van der Waals surface area contributed by atoms with Gasteiger partial charge in [-0.05, 0) is 17.7 Å². The van der Waals surface area contributed by atoms with Gasteiger partial charge in [0.15, 0.2) is 0 Å². The molecule has 0 aliphatic carbocycles. The molecule has 6 nitrogen and oxygen atoms in total. The predicted octanol–water partition coefficient (Wildman–Crippen LogP) is 4.23. The van der Waals surface area contributed by atoms with Crippen molar-refractivity contribution in [1.82, 2.24) is 25.0 Å². The average Bonchev–Trinajstić information content (AvgIpc) is 3.41. The normalized spacial score (nSPS) is 18.1. The van der Waals surface area contributed by atoms with Gasteiger partial charge in [0.1, 0.15) is 0 Å². The lowest BCUT2D eigenvalue weighted by atomic mass is 10.1. The Balaban J connectivity index is 0.00000205. The molecule has 1 saturated heterocycles. The summed E-state index contributed by atoms with van der Waals surface area (Å²) in [5.74, 6) is -2.15. The summed E-state index contributed by atoms with van der Waals surface area (Å²) in [6, 6.07) is 15.2. The number of nitrogens with one attached hydrogen (secondary N) is 1. The van der Waals surface area contributed by atoms with Gasteiger partial charge in [0.25, 0.3) is 5.92 Å². The molecule has 1 aliphatic heterocycles. The Morgan fingerprint density at radius 2 is 1.93 bits per heavy atom. The molecule has 1 fully saturated rings. The van der Waals surface area contributed by atoms with E-state index in [0.717, 1.165) is 22.2 Å². The van der Waals surface area contributed by atoms with E-state index in [4.69, 9.17) is 4.52 Å². The minimum absolute atomic E-state index is 0. The van der Waals surface area contributed by atoms with E-state index in [-0.39, 0.29) is 31.3 Å². The molecular formula is C20H18ClF2N5O. The molecule has 150 valence electrons. The van der Waals surface area contributed by atoms with E-state index < -0.39 is 12.0 Å². The van der Waals surface area contributed by atoms with Crippen LogP contribution in [0.25, 0.3) is 22.4 Å². The van der Waals surface area contributed by atoms with Crippen molar-refractivity contribution in [1.29, 1.82) is 0 Å². The molecule has 0 spiro atoms. The molecule has 2 aromatic heterocycles. The zero-order valence-electron chi connectivity index (χ0n) is 15.3. The number of alkyl halides is 2. The number of benzene rings is 2. The van der Waals surface area contributed by atoms with Gasteiger partial charge in [-0.2, -0.15) is 4.98 Å². The average molecular weight is 418 g/mol. The zero-order chi connectivity index (χ0) is 19.1. The van der Waals surface area contributed by atoms with Crippen LogP contribution >= 0.6 is 12.4 Å². The molecular weight excluding hydrogens is 400 g/mol. The van der Waals surface area contributed by atoms with Crippen LogP contribution in [-0.4, -0.2) is 32.2 Å². The predicted molar refractivity (Wildman–Crippen MR) is 106 cm³/mol. The van der Waals surface area contributed by atoms with Gasteiger partial charge < -0.3 is 9.09 Å². The highest BCUT2D eigenvalue weighted by molar-refractivity contribution is 5.85. The van der Waals surface area contributed by atoms with Crippen molar-refractivity contribution in [3.05, 3.63) is 66.3 Å². The van der Waals surface area contributed by atoms with Crippen molar-refractivity contribution < 1.29 is 13.3 Å². The van der Waals surface area contributed by atoms with E-state index in [1.807, 2.05) is 54.9 Å². The van der Waals surface area contributed by atoms with Crippen molar-refractivity contribution in [2.45, 2.75) is 24.9 Å². The van der Waals surface area contributed by atoms with E-state index in [1.165, 1.54) is 0 Å². The molecule has 4 aromatic rings. The minimum atomic E-state index is -2.74. The van der Waals surface area contributed by atoms with Crippen LogP contribution in [0.4, 0.5) is 8.78 Å². The van der Waals surface area contributed by atoms with Gasteiger partial charge >= 0.3 is 0 Å². The lowest BCUT2D eigenvalue weighted by Crippen LogP contribution is -2.19. The first-order chi connectivity index (χ1) is 13.6. The van der Waals surface area contributed by atoms with Gasteiger partial charge in [0.2, 0.25) is 11.7 Å². The zero-order valence-corrected chi connectivity index (χ0v) is 16.1. The highest BCUT2D eigenvalue weighted by Crippen LogP contribution is 2.33. The van der Waals surface area contributed by atoms with Gasteiger partial charge in [0, 0.05) is 18.5 Å². The largest absolute Gasteiger partial charge is 0.337 e. The number of aromatic nitrogens is 4. The Morgan fingerprint density at radius 1 is 1.14 bits per heavy atom. The summed E-state index contributed by atoms with van der Waals surface area (Å²) in [5, 5.41) is 6.66. The van der Waals surface area contributed by atoms with Gasteiger partial charge in [-0.25, -0.2) is 13.8 Å². The third kappa shape index (κ3) is 3.86. The molecule has 2 aromatic carbocycles. The Bertz CT molecular complexity index is 1130. The van der Waals surface area contributed by atoms with Crippen molar-refractivity contribution in [3.8, 4) is 11.4 Å². The smallest absolute Gasteiger partial charge is 0.262 e. The van der Waals surface area contributed by atoms with Gasteiger partial charge in [-0.3, -0.25) is 5.32 Å². The number of imidazole rings is 1. The second kappa shape index (κ2) is 7.53. The van der Waals surface area contributed by atoms with Gasteiger partial charge in [-0.15, -0.1) is 12.4 Å². The second-order valence-electron chi connectivity index (χ2n) is 7.01. The van der Waals surface area contributed by atoms with Crippen molar-refractivity contribution >= 4 is 23.4 Å². The summed E-state index contributed by atoms with van der Waals surface area (Å²) in [6.45, 7) is 0.326. The number of rotatable bonds is 4. The number of hydrogen-bond acceptors (Lipinski definition) is 5. The van der Waals surface area contributed by atoms with E-state index >= 15 is 0 Å². The topological polar surface area (TPSA) is 68.8 Å². The standard InChI is InChI=1S/C20H17F2N5O.ClH/c21-20(22)9-16(23-11-20)19-25-18(26-28-19)14-7-5-13(6-8-14)10-27-12-24-15-3-1-2-4-17(15)27;/h1-8,12,16,23H,9-11H2;1H. The second-order valence-corrected chi connectivity index (χ2v) is 7.01. The van der Waals surface area contributed by atoms with Crippen LogP contribution in [0.15, 0.2) is 59.4 Å². The molecule has 0 saturated carbocycles. The summed E-state index contributed by atoms with van der Waals surface area (Å²) < 4.78 is 34.0. The first-order valence-electron chi connectivity index (χ1n) is 9.01. The van der Waals surface area contributed by atoms with E-state index in [9.17, 15) is 8.78 Å². The van der Waals surface area contributed by atoms with Crippen LogP contribution < -0.4 is 5.32 Å². The van der Waals surface area contributed by atoms with Crippen LogP contribution in [0.1, 0.15) is 23.9 Å². The number of nitrogens with zero attached hydrogens (tertiary/aromatic N) is 4. The Labute approximate surface area is 171 Å². The maximum atomic E-state index is 13.3. The van der Waals surface area contributed by atoms with E-state index in [1.54, 1.807) is 0 Å². The Kier molecular flexibility index (Phi) is 5.06. The summed E-state index contributed by atoms with van der Waals surface area (Å²) in [7, 11) is 0. The molecule has 29 heavy (non-hydrogen) atoms. The highest BCUT2D eigenvalue weighted by atomic mass is 35.5. The fraction of sp³-hybridized carbons (Fsp3) is 0.250. The Morgan fingerprint density at radius 3 is 2.69 bits per heavy atom. The van der Waals surface area contributed by atoms with Crippen LogP contribution in [-0.2, 0) is 6.54 Å². The number of para-hydroxylation sites is 2. The first-order valence-corrected chi connectivity index (χ1v) is 9.01. The summed E-state index contributed by atoms with van der Waals surface area (Å²) in [4.78, 5) is 8.69. The first kappa shape index (κ1) is 19.5. The summed E-state index contributed by atoms with van der Waals surface area (Å²) in [5.41, 5.74) is 3.92. The molecule has 0 radical (unpaired) electrons. The van der Waals surface area contributed by atoms with Crippen LogP contribution in [0, 0.1) is 0 Å². The monoisotopic (exact) mass is 417 g/mol. The molecule has 1 aliphatic rings. The van der Waals surface area contributed by atoms with Crippen LogP contribution in [0.2, 0.25) is 0 Å². The molecule has 1 unspecified atom stereocenters. The molecule has 0 amide bonds. The maximum absolute atomic E-state index is 13.3. The van der Waals surface area contributed by atoms with Gasteiger partial charge in [-0.1, -0.05) is 41.6 Å². The van der Waals surface area contributed by atoms with E-state index in [2.05, 4.69) is 25.0 Å². The van der Waals surface area contributed by atoms with Crippen LogP contribution in [0.3, 0.4) is 0 Å².